The molecule has 0 aromatic heterocycles. The minimum atomic E-state index is -0.0187. The van der Waals surface area contributed by atoms with Gasteiger partial charge >= 0.3 is 6.03 Å². The summed E-state index contributed by atoms with van der Waals surface area (Å²) in [7, 11) is 3.27. The van der Waals surface area contributed by atoms with E-state index in [9.17, 15) is 9.59 Å². The lowest BCUT2D eigenvalue weighted by Crippen LogP contribution is -2.47. The molecule has 0 bridgehead atoms. The molecule has 0 unspecified atom stereocenters. The maximum atomic E-state index is 12.5. The van der Waals surface area contributed by atoms with Crippen LogP contribution >= 0.6 is 0 Å². The Labute approximate surface area is 167 Å². The first kappa shape index (κ1) is 20.3. The summed E-state index contributed by atoms with van der Waals surface area (Å²) in [5.41, 5.74) is 1.01. The van der Waals surface area contributed by atoms with Gasteiger partial charge in [0.1, 0.15) is 11.5 Å². The molecule has 7 heteroatoms. The molecule has 2 aliphatic heterocycles. The van der Waals surface area contributed by atoms with Gasteiger partial charge in [-0.05, 0) is 55.9 Å². The van der Waals surface area contributed by atoms with Crippen LogP contribution in [0.4, 0.5) is 4.79 Å². The Morgan fingerprint density at radius 1 is 1.04 bits per heavy atom. The molecular formula is C21H31N3O4. The van der Waals surface area contributed by atoms with E-state index < -0.39 is 0 Å². The van der Waals surface area contributed by atoms with Crippen LogP contribution in [0.15, 0.2) is 18.2 Å². The fraction of sp³-hybridized carbons (Fsp3) is 0.619. The molecule has 0 atom stereocenters. The largest absolute Gasteiger partial charge is 0.497 e. The topological polar surface area (TPSA) is 71.1 Å². The first-order valence-corrected chi connectivity index (χ1v) is 10.1. The smallest absolute Gasteiger partial charge is 0.319 e. The number of nitrogens with zero attached hydrogens (tertiary/aromatic N) is 2. The molecule has 154 valence electrons. The fourth-order valence-corrected chi connectivity index (χ4v) is 3.98. The summed E-state index contributed by atoms with van der Waals surface area (Å²) in [5, 5.41) is 3.04. The van der Waals surface area contributed by atoms with Gasteiger partial charge in [0.25, 0.3) is 0 Å². The standard InChI is InChI=1S/C21H31N3O4/c1-27-18-5-6-19(28-2)17(15-18)7-10-22-20(25)16-8-13-24(14-9-16)21(26)23-11-3-4-12-23/h5-6,15-16H,3-4,7-14H2,1-2H3,(H,22,25). The molecule has 7 nitrogen and oxygen atoms in total. The molecule has 2 heterocycles. The summed E-state index contributed by atoms with van der Waals surface area (Å²) in [6, 6.07) is 5.82. The predicted octanol–water partition coefficient (Wildman–Crippen LogP) is 2.29. The van der Waals surface area contributed by atoms with Crippen LogP contribution in [0.25, 0.3) is 0 Å². The molecule has 3 rings (SSSR count). The molecule has 1 aromatic rings. The SMILES string of the molecule is COc1ccc(OC)c(CCNC(=O)C2CCN(C(=O)N3CCCC3)CC2)c1. The van der Waals surface area contributed by atoms with Gasteiger partial charge in [-0.1, -0.05) is 0 Å². The number of hydrogen-bond acceptors (Lipinski definition) is 4. The molecule has 3 amide bonds. The summed E-state index contributed by atoms with van der Waals surface area (Å²) in [6.07, 6.45) is 4.34. The van der Waals surface area contributed by atoms with E-state index in [4.69, 9.17) is 9.47 Å². The molecule has 0 saturated carbocycles. The number of carbonyl (C=O) groups is 2. The van der Waals surface area contributed by atoms with Crippen molar-refractivity contribution in [2.45, 2.75) is 32.1 Å². The number of amides is 3. The first-order chi connectivity index (χ1) is 13.6. The van der Waals surface area contributed by atoms with Gasteiger partial charge in [0.05, 0.1) is 14.2 Å². The van der Waals surface area contributed by atoms with Crippen molar-refractivity contribution in [3.8, 4) is 11.5 Å². The number of carbonyl (C=O) groups excluding carboxylic acids is 2. The fourth-order valence-electron chi connectivity index (χ4n) is 3.98. The van der Waals surface area contributed by atoms with Gasteiger partial charge in [-0.3, -0.25) is 4.79 Å². The van der Waals surface area contributed by atoms with Crippen molar-refractivity contribution in [2.24, 2.45) is 5.92 Å². The molecule has 2 aliphatic rings. The predicted molar refractivity (Wildman–Crippen MR) is 107 cm³/mol. The Balaban J connectivity index is 1.43. The van der Waals surface area contributed by atoms with Crippen LogP contribution in [0.5, 0.6) is 11.5 Å². The van der Waals surface area contributed by atoms with Crippen LogP contribution in [0.1, 0.15) is 31.2 Å². The molecule has 0 radical (unpaired) electrons. The van der Waals surface area contributed by atoms with Crippen LogP contribution in [-0.2, 0) is 11.2 Å². The van der Waals surface area contributed by atoms with Crippen molar-refractivity contribution in [3.05, 3.63) is 23.8 Å². The van der Waals surface area contributed by atoms with Gasteiger partial charge in [-0.15, -0.1) is 0 Å². The highest BCUT2D eigenvalue weighted by molar-refractivity contribution is 5.79. The summed E-state index contributed by atoms with van der Waals surface area (Å²) >= 11 is 0. The van der Waals surface area contributed by atoms with E-state index in [1.165, 1.54) is 0 Å². The van der Waals surface area contributed by atoms with Gasteiger partial charge < -0.3 is 24.6 Å². The number of hydrogen-bond donors (Lipinski definition) is 1. The molecule has 1 aromatic carbocycles. The lowest BCUT2D eigenvalue weighted by atomic mass is 9.96. The van der Waals surface area contributed by atoms with Crippen LogP contribution in [0.3, 0.4) is 0 Å². The molecule has 2 fully saturated rings. The Bertz CT molecular complexity index is 680. The minimum absolute atomic E-state index is 0.0187. The first-order valence-electron chi connectivity index (χ1n) is 10.1. The van der Waals surface area contributed by atoms with Crippen LogP contribution in [0, 0.1) is 5.92 Å². The third-order valence-electron chi connectivity index (χ3n) is 5.69. The van der Waals surface area contributed by atoms with Gasteiger partial charge in [-0.2, -0.15) is 0 Å². The second-order valence-corrected chi connectivity index (χ2v) is 7.46. The zero-order valence-electron chi connectivity index (χ0n) is 16.9. The van der Waals surface area contributed by atoms with Gasteiger partial charge in [0.2, 0.25) is 5.91 Å². The molecule has 2 saturated heterocycles. The van der Waals surface area contributed by atoms with E-state index in [1.807, 2.05) is 28.0 Å². The lowest BCUT2D eigenvalue weighted by molar-refractivity contribution is -0.126. The van der Waals surface area contributed by atoms with Crippen LogP contribution < -0.4 is 14.8 Å². The van der Waals surface area contributed by atoms with Crippen molar-refractivity contribution in [1.82, 2.24) is 15.1 Å². The van der Waals surface area contributed by atoms with E-state index in [0.29, 0.717) is 26.1 Å². The quantitative estimate of drug-likeness (QED) is 0.810. The number of methoxy groups -OCH3 is 2. The highest BCUT2D eigenvalue weighted by Crippen LogP contribution is 2.24. The van der Waals surface area contributed by atoms with Crippen molar-refractivity contribution in [3.63, 3.8) is 0 Å². The van der Waals surface area contributed by atoms with Gasteiger partial charge in [0.15, 0.2) is 0 Å². The maximum absolute atomic E-state index is 12.5. The van der Waals surface area contributed by atoms with E-state index >= 15 is 0 Å². The summed E-state index contributed by atoms with van der Waals surface area (Å²) in [5.74, 6) is 1.63. The third-order valence-corrected chi connectivity index (χ3v) is 5.69. The van der Waals surface area contributed by atoms with E-state index in [0.717, 1.165) is 55.8 Å². The summed E-state index contributed by atoms with van der Waals surface area (Å²) in [4.78, 5) is 28.8. The number of piperidine rings is 1. The highest BCUT2D eigenvalue weighted by atomic mass is 16.5. The number of urea groups is 1. The average molecular weight is 389 g/mol. The van der Waals surface area contributed by atoms with Crippen molar-refractivity contribution >= 4 is 11.9 Å². The number of nitrogens with one attached hydrogen (secondary N) is 1. The summed E-state index contributed by atoms with van der Waals surface area (Å²) in [6.45, 7) is 3.61. The Kier molecular flexibility index (Phi) is 7.01. The second-order valence-electron chi connectivity index (χ2n) is 7.46. The van der Waals surface area contributed by atoms with E-state index in [2.05, 4.69) is 5.32 Å². The number of benzene rings is 1. The third kappa shape index (κ3) is 4.88. The monoisotopic (exact) mass is 389 g/mol. The van der Waals surface area contributed by atoms with Gasteiger partial charge in [0, 0.05) is 38.6 Å². The zero-order chi connectivity index (χ0) is 19.9. The molecule has 0 aliphatic carbocycles. The van der Waals surface area contributed by atoms with Crippen molar-refractivity contribution < 1.29 is 19.1 Å². The normalized spacial score (nSPS) is 17.5. The average Bonchev–Trinajstić information content (AvgIpc) is 3.28. The Morgan fingerprint density at radius 3 is 2.36 bits per heavy atom. The van der Waals surface area contributed by atoms with Gasteiger partial charge in [-0.25, -0.2) is 4.79 Å². The van der Waals surface area contributed by atoms with Crippen molar-refractivity contribution in [1.29, 1.82) is 0 Å². The Morgan fingerprint density at radius 2 is 1.71 bits per heavy atom. The van der Waals surface area contributed by atoms with Crippen LogP contribution in [-0.4, -0.2) is 68.7 Å². The molecule has 0 spiro atoms. The number of likely N-dealkylation sites (tertiary alicyclic amines) is 2. The van der Waals surface area contributed by atoms with Crippen LogP contribution in [0.2, 0.25) is 0 Å². The molecule has 28 heavy (non-hydrogen) atoms. The zero-order valence-corrected chi connectivity index (χ0v) is 16.9. The number of rotatable bonds is 6. The van der Waals surface area contributed by atoms with E-state index in [1.54, 1.807) is 14.2 Å². The van der Waals surface area contributed by atoms with Crippen molar-refractivity contribution in [2.75, 3.05) is 46.9 Å². The lowest BCUT2D eigenvalue weighted by Gasteiger charge is -2.34. The Hall–Kier alpha value is -2.44. The summed E-state index contributed by atoms with van der Waals surface area (Å²) < 4.78 is 10.6. The maximum Gasteiger partial charge on any atom is 0.319 e. The highest BCUT2D eigenvalue weighted by Gasteiger charge is 2.30. The molecular weight excluding hydrogens is 358 g/mol. The van der Waals surface area contributed by atoms with E-state index in [-0.39, 0.29) is 17.9 Å². The number of ether oxygens (including phenoxy) is 2. The minimum Gasteiger partial charge on any atom is -0.497 e. The second kappa shape index (κ2) is 9.66. The molecule has 1 N–H and O–H groups in total.